The van der Waals surface area contributed by atoms with E-state index in [9.17, 15) is 4.79 Å². The molecule has 0 spiro atoms. The second-order valence-corrected chi connectivity index (χ2v) is 10.1. The molecule has 2 N–H and O–H groups in total. The Bertz CT molecular complexity index is 824. The Hall–Kier alpha value is -1.65. The zero-order valence-electron chi connectivity index (χ0n) is 17.5. The van der Waals surface area contributed by atoms with Gasteiger partial charge < -0.3 is 10.2 Å². The molecule has 2 heterocycles. The molecule has 150 valence electrons. The highest BCUT2D eigenvalue weighted by Crippen LogP contribution is 2.42. The number of thiophene rings is 1. The number of carbonyl (C=O) groups is 1. The summed E-state index contributed by atoms with van der Waals surface area (Å²) in [6, 6.07) is 9.27. The normalized spacial score (nSPS) is 21.8. The molecule has 3 nitrogen and oxygen atoms in total. The third kappa shape index (κ3) is 3.90. The first-order chi connectivity index (χ1) is 13.5. The molecule has 0 radical (unpaired) electrons. The van der Waals surface area contributed by atoms with Crippen molar-refractivity contribution < 1.29 is 9.69 Å². The number of amides is 1. The van der Waals surface area contributed by atoms with Gasteiger partial charge in [-0.05, 0) is 47.3 Å². The van der Waals surface area contributed by atoms with Gasteiger partial charge in [0.1, 0.15) is 6.04 Å². The largest absolute Gasteiger partial charge is 0.321 e. The highest BCUT2D eigenvalue weighted by molar-refractivity contribution is 7.10. The number of para-hydroxylation sites is 1. The van der Waals surface area contributed by atoms with Gasteiger partial charge in [0.15, 0.2) is 6.54 Å². The minimum Gasteiger partial charge on any atom is -0.321 e. The number of quaternary nitrogens is 1. The highest BCUT2D eigenvalue weighted by atomic mass is 32.1. The lowest BCUT2D eigenvalue weighted by Crippen LogP contribution is -3.14. The Balaban J connectivity index is 1.54. The number of hydrogen-bond donors (Lipinski definition) is 2. The highest BCUT2D eigenvalue weighted by Gasteiger charge is 2.43. The molecule has 1 aromatic carbocycles. The molecule has 2 atom stereocenters. The number of anilines is 1. The van der Waals surface area contributed by atoms with Gasteiger partial charge >= 0.3 is 0 Å². The van der Waals surface area contributed by atoms with E-state index in [2.05, 4.69) is 62.7 Å². The maximum atomic E-state index is 13.1. The van der Waals surface area contributed by atoms with Gasteiger partial charge in [-0.15, -0.1) is 11.3 Å². The van der Waals surface area contributed by atoms with Gasteiger partial charge in [-0.2, -0.15) is 0 Å². The van der Waals surface area contributed by atoms with Gasteiger partial charge in [0, 0.05) is 28.5 Å². The Morgan fingerprint density at radius 3 is 2.43 bits per heavy atom. The molecule has 1 aliphatic carbocycles. The predicted molar refractivity (Wildman–Crippen MR) is 117 cm³/mol. The fraction of sp³-hybridized carbons (Fsp3) is 0.542. The van der Waals surface area contributed by atoms with Crippen molar-refractivity contribution in [2.45, 2.75) is 64.8 Å². The van der Waals surface area contributed by atoms with Crippen LogP contribution >= 0.6 is 11.3 Å². The molecule has 4 heteroatoms. The molecular weight excluding hydrogens is 364 g/mol. The van der Waals surface area contributed by atoms with Crippen LogP contribution in [0.3, 0.4) is 0 Å². The number of nitrogens with one attached hydrogen (secondary N) is 2. The number of rotatable bonds is 6. The van der Waals surface area contributed by atoms with Crippen LogP contribution in [0.5, 0.6) is 0 Å². The molecule has 1 amide bonds. The van der Waals surface area contributed by atoms with Gasteiger partial charge in [-0.3, -0.25) is 4.79 Å². The molecule has 4 rings (SSSR count). The van der Waals surface area contributed by atoms with Crippen molar-refractivity contribution in [3.8, 4) is 0 Å². The van der Waals surface area contributed by atoms with E-state index in [-0.39, 0.29) is 5.91 Å². The standard InChI is InChI=1S/C24H32N2OS/c1-15(2)18-6-5-7-19(16(3)4)23(18)25-22(27)14-26-12-10-21-20(11-13-28-21)24(26)17-8-9-17/h5-7,11,13,15-17,24H,8-10,12,14H2,1-4H3,(H,25,27)/p+1/t24-/m0/s1. The summed E-state index contributed by atoms with van der Waals surface area (Å²) in [7, 11) is 0. The molecule has 2 aromatic rings. The van der Waals surface area contributed by atoms with Crippen molar-refractivity contribution in [1.82, 2.24) is 0 Å². The third-order valence-corrected chi connectivity index (χ3v) is 7.34. The van der Waals surface area contributed by atoms with Crippen LogP contribution in [0.2, 0.25) is 0 Å². The Morgan fingerprint density at radius 2 is 1.82 bits per heavy atom. The lowest BCUT2D eigenvalue weighted by atomic mass is 9.92. The summed E-state index contributed by atoms with van der Waals surface area (Å²) in [6.45, 7) is 10.4. The molecule has 1 aromatic heterocycles. The first-order valence-corrected chi connectivity index (χ1v) is 11.7. The van der Waals surface area contributed by atoms with Crippen LogP contribution in [0, 0.1) is 5.92 Å². The second-order valence-electron chi connectivity index (χ2n) is 9.12. The Labute approximate surface area is 173 Å². The van der Waals surface area contributed by atoms with Crippen LogP contribution in [0.1, 0.15) is 80.0 Å². The van der Waals surface area contributed by atoms with E-state index in [1.165, 1.54) is 34.4 Å². The zero-order chi connectivity index (χ0) is 19.8. The summed E-state index contributed by atoms with van der Waals surface area (Å²) in [6.07, 6.45) is 3.75. The Morgan fingerprint density at radius 1 is 1.14 bits per heavy atom. The van der Waals surface area contributed by atoms with Crippen LogP contribution in [0.25, 0.3) is 0 Å². The zero-order valence-corrected chi connectivity index (χ0v) is 18.4. The summed E-state index contributed by atoms with van der Waals surface area (Å²) in [4.78, 5) is 16.1. The average molecular weight is 398 g/mol. The fourth-order valence-corrected chi connectivity index (χ4v) is 5.71. The van der Waals surface area contributed by atoms with E-state index in [4.69, 9.17) is 0 Å². The van der Waals surface area contributed by atoms with Gasteiger partial charge in [-0.25, -0.2) is 0 Å². The van der Waals surface area contributed by atoms with Gasteiger partial charge in [0.25, 0.3) is 5.91 Å². The maximum Gasteiger partial charge on any atom is 0.279 e. The van der Waals surface area contributed by atoms with Crippen molar-refractivity contribution in [2.75, 3.05) is 18.4 Å². The second kappa shape index (κ2) is 8.00. The van der Waals surface area contributed by atoms with Crippen LogP contribution in [0.4, 0.5) is 5.69 Å². The number of hydrogen-bond acceptors (Lipinski definition) is 2. The first kappa shape index (κ1) is 19.7. The van der Waals surface area contributed by atoms with Gasteiger partial charge in [-0.1, -0.05) is 45.9 Å². The molecule has 1 fully saturated rings. The molecule has 2 aliphatic rings. The van der Waals surface area contributed by atoms with Crippen molar-refractivity contribution in [2.24, 2.45) is 5.92 Å². The first-order valence-electron chi connectivity index (χ1n) is 10.8. The van der Waals surface area contributed by atoms with E-state index >= 15 is 0 Å². The van der Waals surface area contributed by atoms with Crippen molar-refractivity contribution in [3.05, 3.63) is 51.2 Å². The summed E-state index contributed by atoms with van der Waals surface area (Å²) in [5.41, 5.74) is 5.05. The summed E-state index contributed by atoms with van der Waals surface area (Å²) in [5.74, 6) is 1.72. The number of benzene rings is 1. The van der Waals surface area contributed by atoms with Crippen molar-refractivity contribution in [3.63, 3.8) is 0 Å². The van der Waals surface area contributed by atoms with E-state index in [0.29, 0.717) is 24.4 Å². The third-order valence-electron chi connectivity index (χ3n) is 6.35. The van der Waals surface area contributed by atoms with Crippen LogP contribution in [-0.2, 0) is 11.2 Å². The molecular formula is C24H33N2OS+. The van der Waals surface area contributed by atoms with Crippen LogP contribution in [-0.4, -0.2) is 19.0 Å². The van der Waals surface area contributed by atoms with E-state index in [1.807, 2.05) is 11.3 Å². The molecule has 0 bridgehead atoms. The smallest absolute Gasteiger partial charge is 0.279 e. The summed E-state index contributed by atoms with van der Waals surface area (Å²) in [5, 5.41) is 5.56. The minimum absolute atomic E-state index is 0.161. The van der Waals surface area contributed by atoms with E-state index < -0.39 is 0 Å². The summed E-state index contributed by atoms with van der Waals surface area (Å²) >= 11 is 1.89. The van der Waals surface area contributed by atoms with E-state index in [1.54, 1.807) is 4.88 Å². The SMILES string of the molecule is CC(C)c1cccc(C(C)C)c1NC(=O)C[NH+]1CCc2sccc2[C@@H]1C1CC1. The molecule has 1 aliphatic heterocycles. The predicted octanol–water partition coefficient (Wildman–Crippen LogP) is 4.53. The fourth-order valence-electron chi connectivity index (χ4n) is 4.78. The molecule has 1 unspecified atom stereocenters. The maximum absolute atomic E-state index is 13.1. The quantitative estimate of drug-likeness (QED) is 0.738. The average Bonchev–Trinajstić information content (AvgIpc) is 3.37. The molecule has 1 saturated carbocycles. The number of carbonyl (C=O) groups excluding carboxylic acids is 1. The molecule has 0 saturated heterocycles. The molecule has 28 heavy (non-hydrogen) atoms. The van der Waals surface area contributed by atoms with Crippen LogP contribution < -0.4 is 10.2 Å². The van der Waals surface area contributed by atoms with Gasteiger partial charge in [0.05, 0.1) is 6.54 Å². The monoisotopic (exact) mass is 397 g/mol. The van der Waals surface area contributed by atoms with E-state index in [0.717, 1.165) is 24.6 Å². The topological polar surface area (TPSA) is 33.5 Å². The minimum atomic E-state index is 0.161. The van der Waals surface area contributed by atoms with Crippen molar-refractivity contribution >= 4 is 22.9 Å². The van der Waals surface area contributed by atoms with Crippen LogP contribution in [0.15, 0.2) is 29.6 Å². The van der Waals surface area contributed by atoms with Crippen molar-refractivity contribution in [1.29, 1.82) is 0 Å². The van der Waals surface area contributed by atoms with Gasteiger partial charge in [0.2, 0.25) is 0 Å². The Kier molecular flexibility index (Phi) is 5.62. The lowest BCUT2D eigenvalue weighted by Gasteiger charge is -2.32. The summed E-state index contributed by atoms with van der Waals surface area (Å²) < 4.78 is 0. The number of fused-ring (bicyclic) bond motifs is 1. The lowest BCUT2D eigenvalue weighted by molar-refractivity contribution is -0.928.